The average molecular weight is 383 g/mol. The van der Waals surface area contributed by atoms with Gasteiger partial charge in [0, 0.05) is 23.8 Å². The Bertz CT molecular complexity index is 930. The zero-order valence-electron chi connectivity index (χ0n) is 17.2. The second-order valence-electron chi connectivity index (χ2n) is 8.73. The number of methoxy groups -OCH3 is 1. The summed E-state index contributed by atoms with van der Waals surface area (Å²) in [5.41, 5.74) is -0.140. The van der Waals surface area contributed by atoms with E-state index in [-0.39, 0.29) is 11.8 Å². The minimum atomic E-state index is -0.569. The number of nitrogens with zero attached hydrogens (tertiary/aromatic N) is 2. The summed E-state index contributed by atoms with van der Waals surface area (Å²) in [5, 5.41) is 4.50. The molecule has 2 atom stereocenters. The molecule has 1 amide bonds. The Morgan fingerprint density at radius 2 is 1.82 bits per heavy atom. The molecule has 1 saturated heterocycles. The van der Waals surface area contributed by atoms with Crippen LogP contribution in [0.5, 0.6) is 5.88 Å². The summed E-state index contributed by atoms with van der Waals surface area (Å²) in [6, 6.07) is 1.84. The number of nitrogens with one attached hydrogen (secondary N) is 1. The fourth-order valence-corrected chi connectivity index (χ4v) is 3.43. The number of ether oxygens (including phenoxy) is 1. The SMILES string of the molecule is COc1ncc(B2OC(C)(C)C(C)(C)O2)c2cc(NC(=O)[C@H]3C[C@H]3C)ncc12. The molecule has 1 aliphatic carbocycles. The molecule has 2 aromatic heterocycles. The quantitative estimate of drug-likeness (QED) is 0.818. The van der Waals surface area contributed by atoms with Gasteiger partial charge in [0.1, 0.15) is 5.82 Å². The number of amides is 1. The van der Waals surface area contributed by atoms with Crippen LogP contribution in [0, 0.1) is 11.8 Å². The molecule has 0 bridgehead atoms. The second-order valence-corrected chi connectivity index (χ2v) is 8.73. The van der Waals surface area contributed by atoms with Gasteiger partial charge in [-0.1, -0.05) is 6.92 Å². The number of hydrogen-bond acceptors (Lipinski definition) is 6. The van der Waals surface area contributed by atoms with Gasteiger partial charge in [0.15, 0.2) is 0 Å². The largest absolute Gasteiger partial charge is 0.497 e. The second kappa shape index (κ2) is 6.42. The average Bonchev–Trinajstić information content (AvgIpc) is 3.31. The topological polar surface area (TPSA) is 82.6 Å². The third kappa shape index (κ3) is 3.14. The molecule has 8 heteroatoms. The Hall–Kier alpha value is -2.19. The van der Waals surface area contributed by atoms with E-state index in [4.69, 9.17) is 14.0 Å². The van der Waals surface area contributed by atoms with Crippen molar-refractivity contribution in [2.45, 2.75) is 52.2 Å². The molecule has 0 radical (unpaired) electrons. The van der Waals surface area contributed by atoms with E-state index in [9.17, 15) is 4.79 Å². The van der Waals surface area contributed by atoms with Crippen molar-refractivity contribution in [3.05, 3.63) is 18.5 Å². The van der Waals surface area contributed by atoms with Crippen LogP contribution in [0.4, 0.5) is 5.82 Å². The molecule has 1 aliphatic heterocycles. The molecule has 1 N–H and O–H groups in total. The number of hydrogen-bond donors (Lipinski definition) is 1. The van der Waals surface area contributed by atoms with Gasteiger partial charge in [0.2, 0.25) is 11.8 Å². The highest BCUT2D eigenvalue weighted by Crippen LogP contribution is 2.39. The zero-order valence-corrected chi connectivity index (χ0v) is 17.2. The van der Waals surface area contributed by atoms with Crippen LogP contribution >= 0.6 is 0 Å². The highest BCUT2D eigenvalue weighted by molar-refractivity contribution is 6.65. The van der Waals surface area contributed by atoms with E-state index in [1.807, 2.05) is 33.8 Å². The summed E-state index contributed by atoms with van der Waals surface area (Å²) < 4.78 is 17.8. The van der Waals surface area contributed by atoms with Crippen molar-refractivity contribution in [1.29, 1.82) is 0 Å². The summed E-state index contributed by atoms with van der Waals surface area (Å²) >= 11 is 0. The number of carbonyl (C=O) groups excluding carboxylic acids is 1. The summed E-state index contributed by atoms with van der Waals surface area (Å²) in [6.45, 7) is 10.1. The van der Waals surface area contributed by atoms with Crippen LogP contribution in [0.3, 0.4) is 0 Å². The lowest BCUT2D eigenvalue weighted by atomic mass is 9.77. The predicted octanol–water partition coefficient (Wildman–Crippen LogP) is 2.53. The number of carbonyl (C=O) groups is 1. The molecule has 0 unspecified atom stereocenters. The number of rotatable bonds is 4. The smallest absolute Gasteiger partial charge is 0.481 e. The Morgan fingerprint density at radius 3 is 2.39 bits per heavy atom. The van der Waals surface area contributed by atoms with Gasteiger partial charge in [0.05, 0.1) is 23.7 Å². The van der Waals surface area contributed by atoms with E-state index in [1.54, 1.807) is 19.5 Å². The van der Waals surface area contributed by atoms with Crippen molar-refractivity contribution in [3.63, 3.8) is 0 Å². The maximum atomic E-state index is 12.3. The Kier molecular flexibility index (Phi) is 4.39. The Labute approximate surface area is 165 Å². The van der Waals surface area contributed by atoms with Crippen molar-refractivity contribution < 1.29 is 18.8 Å². The van der Waals surface area contributed by atoms with Gasteiger partial charge in [-0.25, -0.2) is 9.97 Å². The maximum Gasteiger partial charge on any atom is 0.497 e. The van der Waals surface area contributed by atoms with Crippen LogP contribution in [0.1, 0.15) is 41.0 Å². The fraction of sp³-hybridized carbons (Fsp3) is 0.550. The molecule has 2 aromatic rings. The Morgan fingerprint density at radius 1 is 1.18 bits per heavy atom. The summed E-state index contributed by atoms with van der Waals surface area (Å²) in [4.78, 5) is 21.1. The van der Waals surface area contributed by atoms with E-state index < -0.39 is 18.3 Å². The van der Waals surface area contributed by atoms with Gasteiger partial charge < -0.3 is 19.4 Å². The minimum absolute atomic E-state index is 0.0116. The molecule has 4 rings (SSSR count). The highest BCUT2D eigenvalue weighted by atomic mass is 16.7. The van der Waals surface area contributed by atoms with Crippen LogP contribution in [0.2, 0.25) is 0 Å². The normalized spacial score (nSPS) is 25.0. The van der Waals surface area contributed by atoms with Crippen molar-refractivity contribution in [3.8, 4) is 5.88 Å². The first-order chi connectivity index (χ1) is 13.1. The lowest BCUT2D eigenvalue weighted by molar-refractivity contribution is -0.117. The van der Waals surface area contributed by atoms with Crippen molar-refractivity contribution in [2.75, 3.05) is 12.4 Å². The maximum absolute atomic E-state index is 12.3. The molecular formula is C20H26BN3O4. The van der Waals surface area contributed by atoms with E-state index in [2.05, 4.69) is 22.2 Å². The van der Waals surface area contributed by atoms with Crippen LogP contribution in [-0.4, -0.2) is 41.3 Å². The third-order valence-corrected chi connectivity index (χ3v) is 6.16. The molecule has 0 spiro atoms. The van der Waals surface area contributed by atoms with Crippen molar-refractivity contribution in [2.24, 2.45) is 11.8 Å². The number of pyridine rings is 2. The van der Waals surface area contributed by atoms with Gasteiger partial charge in [-0.3, -0.25) is 4.79 Å². The Balaban J connectivity index is 1.74. The zero-order chi connectivity index (χ0) is 20.3. The summed E-state index contributed by atoms with van der Waals surface area (Å²) in [7, 11) is 1.00. The first-order valence-electron chi connectivity index (χ1n) is 9.62. The monoisotopic (exact) mass is 383 g/mol. The number of aromatic nitrogens is 2. The fourth-order valence-electron chi connectivity index (χ4n) is 3.43. The van der Waals surface area contributed by atoms with E-state index in [0.29, 0.717) is 17.6 Å². The van der Waals surface area contributed by atoms with Gasteiger partial charge in [0.25, 0.3) is 0 Å². The van der Waals surface area contributed by atoms with Crippen LogP contribution in [0.15, 0.2) is 18.5 Å². The van der Waals surface area contributed by atoms with E-state index >= 15 is 0 Å². The van der Waals surface area contributed by atoms with Gasteiger partial charge in [-0.15, -0.1) is 0 Å². The van der Waals surface area contributed by atoms with Crippen molar-refractivity contribution >= 4 is 35.1 Å². The standard InChI is InChI=1S/C20H26BN3O4/c1-11-7-12(11)17(25)24-16-8-13-14(9-22-16)18(26-6)23-10-15(13)21-27-19(2,3)20(4,5)28-21/h8-12H,7H2,1-6H3,(H,22,24,25)/t11-,12+/m1/s1. The predicted molar refractivity (Wildman–Crippen MR) is 108 cm³/mol. The van der Waals surface area contributed by atoms with Crippen LogP contribution < -0.4 is 15.5 Å². The third-order valence-electron chi connectivity index (χ3n) is 6.16. The molecule has 1 saturated carbocycles. The molecule has 3 heterocycles. The lowest BCUT2D eigenvalue weighted by Crippen LogP contribution is -2.41. The minimum Gasteiger partial charge on any atom is -0.481 e. The summed E-state index contributed by atoms with van der Waals surface area (Å²) in [5.74, 6) is 1.49. The van der Waals surface area contributed by atoms with E-state index in [1.165, 1.54) is 0 Å². The molecule has 148 valence electrons. The van der Waals surface area contributed by atoms with Gasteiger partial charge >= 0.3 is 7.12 Å². The number of anilines is 1. The van der Waals surface area contributed by atoms with Crippen LogP contribution in [-0.2, 0) is 14.1 Å². The van der Waals surface area contributed by atoms with E-state index in [0.717, 1.165) is 22.7 Å². The lowest BCUT2D eigenvalue weighted by Gasteiger charge is -2.32. The molecular weight excluding hydrogens is 357 g/mol. The van der Waals surface area contributed by atoms with Crippen LogP contribution in [0.25, 0.3) is 10.8 Å². The van der Waals surface area contributed by atoms with Crippen molar-refractivity contribution in [1.82, 2.24) is 9.97 Å². The molecule has 28 heavy (non-hydrogen) atoms. The molecule has 0 aromatic carbocycles. The number of fused-ring (bicyclic) bond motifs is 1. The summed E-state index contributed by atoms with van der Waals surface area (Å²) in [6.07, 6.45) is 4.30. The first-order valence-corrected chi connectivity index (χ1v) is 9.62. The molecule has 2 aliphatic rings. The van der Waals surface area contributed by atoms with Gasteiger partial charge in [-0.05, 0) is 51.5 Å². The first kappa shape index (κ1) is 19.1. The molecule has 2 fully saturated rings. The molecule has 7 nitrogen and oxygen atoms in total. The van der Waals surface area contributed by atoms with Gasteiger partial charge in [-0.2, -0.15) is 0 Å². The highest BCUT2D eigenvalue weighted by Gasteiger charge is 2.52.